The number of thiazole rings is 1. The second kappa shape index (κ2) is 7.01. The van der Waals surface area contributed by atoms with E-state index in [2.05, 4.69) is 50.5 Å². The van der Waals surface area contributed by atoms with E-state index in [4.69, 9.17) is 0 Å². The number of hydrogen-bond acceptors (Lipinski definition) is 5. The first-order valence-corrected chi connectivity index (χ1v) is 9.40. The maximum Gasteiger partial charge on any atom is 0.0798 e. The third-order valence-corrected chi connectivity index (χ3v) is 5.72. The lowest BCUT2D eigenvalue weighted by Gasteiger charge is -2.25. The van der Waals surface area contributed by atoms with Gasteiger partial charge in [0.1, 0.15) is 0 Å². The summed E-state index contributed by atoms with van der Waals surface area (Å²) in [6.07, 6.45) is 3.15. The molecule has 1 saturated heterocycles. The average molecular weight is 341 g/mol. The SMILES string of the molecule is Cc1ncsc1CN(Cc1ccc2cn[nH]c2c1)C[C@H]1CCNC1. The van der Waals surface area contributed by atoms with Crippen molar-refractivity contribution in [1.82, 2.24) is 25.4 Å². The first-order chi connectivity index (χ1) is 11.8. The summed E-state index contributed by atoms with van der Waals surface area (Å²) in [5, 5.41) is 11.9. The molecule has 0 amide bonds. The fourth-order valence-electron chi connectivity index (χ4n) is 3.44. The van der Waals surface area contributed by atoms with Crippen molar-refractivity contribution in [2.75, 3.05) is 19.6 Å². The van der Waals surface area contributed by atoms with Gasteiger partial charge >= 0.3 is 0 Å². The molecule has 4 rings (SSSR count). The molecule has 3 aromatic rings. The Hall–Kier alpha value is -1.76. The van der Waals surface area contributed by atoms with E-state index in [9.17, 15) is 0 Å². The van der Waals surface area contributed by atoms with Crippen molar-refractivity contribution in [3.8, 4) is 0 Å². The molecule has 126 valence electrons. The van der Waals surface area contributed by atoms with Crippen LogP contribution in [0.5, 0.6) is 0 Å². The van der Waals surface area contributed by atoms with Gasteiger partial charge in [0.15, 0.2) is 0 Å². The summed E-state index contributed by atoms with van der Waals surface area (Å²) in [6.45, 7) is 7.47. The molecule has 0 unspecified atom stereocenters. The second-order valence-corrected chi connectivity index (χ2v) is 7.62. The lowest BCUT2D eigenvalue weighted by molar-refractivity contribution is 0.222. The number of benzene rings is 1. The van der Waals surface area contributed by atoms with E-state index in [1.807, 2.05) is 11.7 Å². The predicted molar refractivity (Wildman–Crippen MR) is 98.0 cm³/mol. The van der Waals surface area contributed by atoms with Crippen LogP contribution in [0.25, 0.3) is 10.9 Å². The van der Waals surface area contributed by atoms with Crippen LogP contribution in [0.2, 0.25) is 0 Å². The minimum Gasteiger partial charge on any atom is -0.316 e. The Labute approximate surface area is 146 Å². The summed E-state index contributed by atoms with van der Waals surface area (Å²) in [5.74, 6) is 0.745. The zero-order chi connectivity index (χ0) is 16.4. The fraction of sp³-hybridized carbons (Fsp3) is 0.444. The van der Waals surface area contributed by atoms with Crippen LogP contribution >= 0.6 is 11.3 Å². The van der Waals surface area contributed by atoms with E-state index in [-0.39, 0.29) is 0 Å². The Morgan fingerprint density at radius 3 is 3.08 bits per heavy atom. The van der Waals surface area contributed by atoms with Gasteiger partial charge in [-0.3, -0.25) is 10.00 Å². The van der Waals surface area contributed by atoms with E-state index in [1.165, 1.54) is 27.9 Å². The predicted octanol–water partition coefficient (Wildman–Crippen LogP) is 2.94. The van der Waals surface area contributed by atoms with Gasteiger partial charge in [0.05, 0.1) is 22.9 Å². The Balaban J connectivity index is 1.52. The van der Waals surface area contributed by atoms with Crippen LogP contribution in [-0.2, 0) is 13.1 Å². The molecule has 24 heavy (non-hydrogen) atoms. The van der Waals surface area contributed by atoms with Crippen LogP contribution in [0.1, 0.15) is 22.6 Å². The van der Waals surface area contributed by atoms with E-state index in [1.54, 1.807) is 11.3 Å². The van der Waals surface area contributed by atoms with Crippen molar-refractivity contribution >= 4 is 22.2 Å². The van der Waals surface area contributed by atoms with Crippen molar-refractivity contribution in [2.45, 2.75) is 26.4 Å². The van der Waals surface area contributed by atoms with Crippen molar-refractivity contribution in [1.29, 1.82) is 0 Å². The van der Waals surface area contributed by atoms with Gasteiger partial charge in [-0.25, -0.2) is 4.98 Å². The molecule has 1 atom stereocenters. The number of rotatable bonds is 6. The molecule has 3 heterocycles. The molecular weight excluding hydrogens is 318 g/mol. The van der Waals surface area contributed by atoms with Crippen molar-refractivity contribution < 1.29 is 0 Å². The van der Waals surface area contributed by atoms with Gasteiger partial charge in [-0.15, -0.1) is 11.3 Å². The van der Waals surface area contributed by atoms with Gasteiger partial charge in [0, 0.05) is 29.9 Å². The molecule has 0 bridgehead atoms. The maximum atomic E-state index is 4.41. The summed E-state index contributed by atoms with van der Waals surface area (Å²) in [4.78, 5) is 8.35. The molecule has 5 nitrogen and oxygen atoms in total. The van der Waals surface area contributed by atoms with Gasteiger partial charge in [0.2, 0.25) is 0 Å². The Kier molecular flexibility index (Phi) is 4.60. The van der Waals surface area contributed by atoms with Gasteiger partial charge in [-0.05, 0) is 44.0 Å². The van der Waals surface area contributed by atoms with E-state index in [0.717, 1.165) is 44.2 Å². The third kappa shape index (κ3) is 3.50. The Morgan fingerprint density at radius 1 is 1.33 bits per heavy atom. The molecule has 6 heteroatoms. The minimum atomic E-state index is 0.745. The number of nitrogens with zero attached hydrogens (tertiary/aromatic N) is 3. The van der Waals surface area contributed by atoms with Crippen LogP contribution in [0.4, 0.5) is 0 Å². The average Bonchev–Trinajstić information content (AvgIpc) is 3.30. The zero-order valence-electron chi connectivity index (χ0n) is 14.0. The number of hydrogen-bond donors (Lipinski definition) is 2. The topological polar surface area (TPSA) is 56.8 Å². The van der Waals surface area contributed by atoms with Gasteiger partial charge in [0.25, 0.3) is 0 Å². The van der Waals surface area contributed by atoms with Gasteiger partial charge in [-0.1, -0.05) is 12.1 Å². The highest BCUT2D eigenvalue weighted by Crippen LogP contribution is 2.21. The van der Waals surface area contributed by atoms with Crippen molar-refractivity contribution in [3.05, 3.63) is 46.0 Å². The molecule has 1 aliphatic heterocycles. The van der Waals surface area contributed by atoms with Crippen LogP contribution in [-0.4, -0.2) is 39.7 Å². The number of aryl methyl sites for hydroxylation is 1. The summed E-state index contributed by atoms with van der Waals surface area (Å²) in [5.41, 5.74) is 5.57. The molecule has 1 fully saturated rings. The summed E-state index contributed by atoms with van der Waals surface area (Å²) < 4.78 is 0. The number of aromatic nitrogens is 3. The van der Waals surface area contributed by atoms with Crippen molar-refractivity contribution in [2.24, 2.45) is 5.92 Å². The van der Waals surface area contributed by atoms with Gasteiger partial charge < -0.3 is 5.32 Å². The summed E-state index contributed by atoms with van der Waals surface area (Å²) in [6, 6.07) is 6.60. The van der Waals surface area contributed by atoms with E-state index < -0.39 is 0 Å². The highest BCUT2D eigenvalue weighted by atomic mass is 32.1. The molecule has 0 aliphatic carbocycles. The fourth-order valence-corrected chi connectivity index (χ4v) is 4.26. The highest BCUT2D eigenvalue weighted by molar-refractivity contribution is 7.09. The van der Waals surface area contributed by atoms with E-state index >= 15 is 0 Å². The molecule has 1 aliphatic rings. The second-order valence-electron chi connectivity index (χ2n) is 6.68. The van der Waals surface area contributed by atoms with Crippen LogP contribution < -0.4 is 5.32 Å². The molecule has 0 radical (unpaired) electrons. The first-order valence-electron chi connectivity index (χ1n) is 8.52. The molecule has 0 saturated carbocycles. The van der Waals surface area contributed by atoms with E-state index in [0.29, 0.717) is 0 Å². The first kappa shape index (κ1) is 15.7. The summed E-state index contributed by atoms with van der Waals surface area (Å²) >= 11 is 1.77. The lowest BCUT2D eigenvalue weighted by atomic mass is 10.1. The van der Waals surface area contributed by atoms with Crippen LogP contribution in [0, 0.1) is 12.8 Å². The normalized spacial score (nSPS) is 18.0. The number of fused-ring (bicyclic) bond motifs is 1. The van der Waals surface area contributed by atoms with Crippen LogP contribution in [0.3, 0.4) is 0 Å². The minimum absolute atomic E-state index is 0.745. The monoisotopic (exact) mass is 341 g/mol. The smallest absolute Gasteiger partial charge is 0.0798 e. The summed E-state index contributed by atoms with van der Waals surface area (Å²) in [7, 11) is 0. The Bertz CT molecular complexity index is 802. The quantitative estimate of drug-likeness (QED) is 0.724. The largest absolute Gasteiger partial charge is 0.316 e. The standard InChI is InChI=1S/C18H23N5S/c1-13-18(24-12-20-13)11-23(10-15-4-5-19-7-15)9-14-2-3-16-8-21-22-17(16)6-14/h2-3,6,8,12,15,19H,4-5,7,9-11H2,1H3,(H,21,22)/t15-/m0/s1. The highest BCUT2D eigenvalue weighted by Gasteiger charge is 2.19. The van der Waals surface area contributed by atoms with Gasteiger partial charge in [-0.2, -0.15) is 5.10 Å². The number of H-pyrrole nitrogens is 1. The molecule has 1 aromatic carbocycles. The van der Waals surface area contributed by atoms with Crippen molar-refractivity contribution in [3.63, 3.8) is 0 Å². The molecule has 2 aromatic heterocycles. The lowest BCUT2D eigenvalue weighted by Crippen LogP contribution is -2.30. The zero-order valence-corrected chi connectivity index (χ0v) is 14.8. The molecule has 0 spiro atoms. The molecule has 2 N–H and O–H groups in total. The maximum absolute atomic E-state index is 4.41. The Morgan fingerprint density at radius 2 is 2.29 bits per heavy atom. The number of aromatic amines is 1. The van der Waals surface area contributed by atoms with Crippen LogP contribution in [0.15, 0.2) is 29.9 Å². The molecular formula is C18H23N5S. The third-order valence-electron chi connectivity index (χ3n) is 4.80. The number of nitrogens with one attached hydrogen (secondary N) is 2.